The number of carbonyl (C=O) groups excluding carboxylic acids is 1. The third-order valence-corrected chi connectivity index (χ3v) is 2.77. The summed E-state index contributed by atoms with van der Waals surface area (Å²) in [5, 5.41) is 11.6. The third-order valence-electron chi connectivity index (χ3n) is 2.77. The summed E-state index contributed by atoms with van der Waals surface area (Å²) < 4.78 is 5.01. The number of nitrogens with one attached hydrogen (secondary N) is 2. The van der Waals surface area contributed by atoms with Gasteiger partial charge in [-0.05, 0) is 37.3 Å². The largest absolute Gasteiger partial charge is 0.497 e. The molecule has 3 N–H and O–H groups in total. The fraction of sp³-hybridized carbons (Fsp3) is 0.143. The van der Waals surface area contributed by atoms with Gasteiger partial charge in [0.1, 0.15) is 11.4 Å². The summed E-state index contributed by atoms with van der Waals surface area (Å²) >= 11 is 0. The van der Waals surface area contributed by atoms with Gasteiger partial charge < -0.3 is 20.1 Å². The van der Waals surface area contributed by atoms with Crippen LogP contribution in [0.3, 0.4) is 0 Å². The van der Waals surface area contributed by atoms with Gasteiger partial charge in [0, 0.05) is 11.3 Å². The SMILES string of the molecule is COc1ccc(C(=O)Nc2cc(C)[nH]c2C(=O)O)cc1. The lowest BCUT2D eigenvalue weighted by Crippen LogP contribution is -2.14. The molecule has 2 aromatic rings. The Kier molecular flexibility index (Phi) is 3.74. The number of carboxylic acids is 1. The predicted molar refractivity (Wildman–Crippen MR) is 73.4 cm³/mol. The number of carboxylic acid groups (broad SMARTS) is 1. The second-order valence-corrected chi connectivity index (χ2v) is 4.23. The summed E-state index contributed by atoms with van der Waals surface area (Å²) in [4.78, 5) is 25.8. The van der Waals surface area contributed by atoms with Crippen LogP contribution in [0.1, 0.15) is 26.5 Å². The quantitative estimate of drug-likeness (QED) is 0.797. The second kappa shape index (κ2) is 5.48. The Bertz CT molecular complexity index is 644. The molecule has 1 aromatic carbocycles. The Balaban J connectivity index is 2.20. The minimum absolute atomic E-state index is 0.0376. The number of amides is 1. The van der Waals surface area contributed by atoms with Crippen molar-refractivity contribution in [3.8, 4) is 5.75 Å². The van der Waals surface area contributed by atoms with Gasteiger partial charge in [0.2, 0.25) is 0 Å². The normalized spacial score (nSPS) is 10.1. The molecule has 20 heavy (non-hydrogen) atoms. The number of benzene rings is 1. The molecule has 6 heteroatoms. The lowest BCUT2D eigenvalue weighted by molar-refractivity contribution is 0.0692. The average molecular weight is 274 g/mol. The number of ether oxygens (including phenoxy) is 1. The highest BCUT2D eigenvalue weighted by Crippen LogP contribution is 2.18. The first-order chi connectivity index (χ1) is 9.51. The van der Waals surface area contributed by atoms with Crippen molar-refractivity contribution in [2.45, 2.75) is 6.92 Å². The molecule has 1 heterocycles. The Labute approximate surface area is 115 Å². The maximum atomic E-state index is 12.0. The van der Waals surface area contributed by atoms with Crippen molar-refractivity contribution in [2.75, 3.05) is 12.4 Å². The Morgan fingerprint density at radius 2 is 1.90 bits per heavy atom. The summed E-state index contributed by atoms with van der Waals surface area (Å²) in [5.74, 6) is -0.859. The minimum Gasteiger partial charge on any atom is -0.497 e. The number of carbonyl (C=O) groups is 2. The van der Waals surface area contributed by atoms with Gasteiger partial charge in [0.05, 0.1) is 12.8 Å². The topological polar surface area (TPSA) is 91.4 Å². The van der Waals surface area contributed by atoms with Gasteiger partial charge in [0.25, 0.3) is 5.91 Å². The van der Waals surface area contributed by atoms with E-state index in [4.69, 9.17) is 9.84 Å². The molecule has 0 aliphatic rings. The van der Waals surface area contributed by atoms with Gasteiger partial charge in [-0.15, -0.1) is 0 Å². The molecule has 0 aliphatic heterocycles. The summed E-state index contributed by atoms with van der Waals surface area (Å²) in [6, 6.07) is 8.11. The Morgan fingerprint density at radius 3 is 2.45 bits per heavy atom. The van der Waals surface area contributed by atoms with Gasteiger partial charge >= 0.3 is 5.97 Å². The van der Waals surface area contributed by atoms with Crippen LogP contribution in [0.15, 0.2) is 30.3 Å². The van der Waals surface area contributed by atoms with E-state index >= 15 is 0 Å². The highest BCUT2D eigenvalue weighted by molar-refractivity contribution is 6.07. The van der Waals surface area contributed by atoms with Crippen LogP contribution in [0.4, 0.5) is 5.69 Å². The van der Waals surface area contributed by atoms with Crippen molar-refractivity contribution in [2.24, 2.45) is 0 Å². The average Bonchev–Trinajstić information content (AvgIpc) is 2.80. The molecule has 0 fully saturated rings. The van der Waals surface area contributed by atoms with E-state index < -0.39 is 5.97 Å². The smallest absolute Gasteiger partial charge is 0.354 e. The molecule has 1 amide bonds. The van der Waals surface area contributed by atoms with E-state index in [1.54, 1.807) is 37.3 Å². The van der Waals surface area contributed by atoms with Crippen LogP contribution >= 0.6 is 0 Å². The van der Waals surface area contributed by atoms with Crippen molar-refractivity contribution in [3.05, 3.63) is 47.3 Å². The molecule has 0 saturated heterocycles. The molecule has 0 spiro atoms. The molecule has 0 unspecified atom stereocenters. The fourth-order valence-electron chi connectivity index (χ4n) is 1.79. The highest BCUT2D eigenvalue weighted by Gasteiger charge is 2.16. The molecule has 0 saturated carbocycles. The molecule has 0 atom stereocenters. The molecule has 6 nitrogen and oxygen atoms in total. The molecule has 0 aliphatic carbocycles. The molecular formula is C14H14N2O4. The molecular weight excluding hydrogens is 260 g/mol. The first-order valence-electron chi connectivity index (χ1n) is 5.89. The van der Waals surface area contributed by atoms with Crippen LogP contribution in [-0.4, -0.2) is 29.1 Å². The van der Waals surface area contributed by atoms with Gasteiger partial charge in [-0.3, -0.25) is 4.79 Å². The molecule has 104 valence electrons. The maximum absolute atomic E-state index is 12.0. The van der Waals surface area contributed by atoms with E-state index in [1.165, 1.54) is 7.11 Å². The number of rotatable bonds is 4. The standard InChI is InChI=1S/C14H14N2O4/c1-8-7-11(12(15-8)14(18)19)16-13(17)9-3-5-10(20-2)6-4-9/h3-7,15H,1-2H3,(H,16,17)(H,18,19). The van der Waals surface area contributed by atoms with E-state index in [1.807, 2.05) is 0 Å². The van der Waals surface area contributed by atoms with E-state index in [9.17, 15) is 9.59 Å². The lowest BCUT2D eigenvalue weighted by Gasteiger charge is -2.05. The highest BCUT2D eigenvalue weighted by atomic mass is 16.5. The minimum atomic E-state index is -1.12. The summed E-state index contributed by atoms with van der Waals surface area (Å²) in [6.45, 7) is 1.72. The monoisotopic (exact) mass is 274 g/mol. The zero-order valence-corrected chi connectivity index (χ0v) is 11.1. The second-order valence-electron chi connectivity index (χ2n) is 4.23. The van der Waals surface area contributed by atoms with Crippen LogP contribution in [0.25, 0.3) is 0 Å². The van der Waals surface area contributed by atoms with Gasteiger partial charge in [-0.1, -0.05) is 0 Å². The van der Waals surface area contributed by atoms with Crippen molar-refractivity contribution in [1.82, 2.24) is 4.98 Å². The predicted octanol–water partition coefficient (Wildman–Crippen LogP) is 2.28. The van der Waals surface area contributed by atoms with Gasteiger partial charge in [-0.2, -0.15) is 0 Å². The number of anilines is 1. The maximum Gasteiger partial charge on any atom is 0.354 e. The number of aromatic nitrogens is 1. The van der Waals surface area contributed by atoms with Crippen molar-refractivity contribution < 1.29 is 19.4 Å². The fourth-order valence-corrected chi connectivity index (χ4v) is 1.79. The van der Waals surface area contributed by atoms with E-state index in [-0.39, 0.29) is 17.3 Å². The Morgan fingerprint density at radius 1 is 1.25 bits per heavy atom. The number of aryl methyl sites for hydroxylation is 1. The summed E-state index contributed by atoms with van der Waals surface area (Å²) in [7, 11) is 1.54. The zero-order chi connectivity index (χ0) is 14.7. The van der Waals surface area contributed by atoms with E-state index in [0.717, 1.165) is 0 Å². The summed E-state index contributed by atoms with van der Waals surface area (Å²) in [5.41, 5.74) is 1.29. The Hall–Kier alpha value is -2.76. The van der Waals surface area contributed by atoms with Crippen LogP contribution in [0, 0.1) is 6.92 Å². The molecule has 0 bridgehead atoms. The van der Waals surface area contributed by atoms with Gasteiger partial charge in [0.15, 0.2) is 0 Å². The van der Waals surface area contributed by atoms with Crippen molar-refractivity contribution in [3.63, 3.8) is 0 Å². The number of hydrogen-bond donors (Lipinski definition) is 3. The van der Waals surface area contributed by atoms with E-state index in [0.29, 0.717) is 17.0 Å². The van der Waals surface area contributed by atoms with Crippen LogP contribution in [0.2, 0.25) is 0 Å². The van der Waals surface area contributed by atoms with Crippen LogP contribution in [-0.2, 0) is 0 Å². The first-order valence-corrected chi connectivity index (χ1v) is 5.89. The number of aromatic carboxylic acids is 1. The third kappa shape index (κ3) is 2.80. The molecule has 2 rings (SSSR count). The summed E-state index contributed by atoms with van der Waals surface area (Å²) in [6.07, 6.45) is 0. The van der Waals surface area contributed by atoms with Crippen molar-refractivity contribution in [1.29, 1.82) is 0 Å². The molecule has 1 aromatic heterocycles. The first kappa shape index (κ1) is 13.7. The number of hydrogen-bond acceptors (Lipinski definition) is 3. The number of methoxy groups -OCH3 is 1. The van der Waals surface area contributed by atoms with E-state index in [2.05, 4.69) is 10.3 Å². The van der Waals surface area contributed by atoms with Crippen LogP contribution < -0.4 is 10.1 Å². The number of aromatic amines is 1. The van der Waals surface area contributed by atoms with Gasteiger partial charge in [-0.25, -0.2) is 4.79 Å². The lowest BCUT2D eigenvalue weighted by atomic mass is 10.2. The number of H-pyrrole nitrogens is 1. The molecule has 0 radical (unpaired) electrons. The zero-order valence-electron chi connectivity index (χ0n) is 11.1. The van der Waals surface area contributed by atoms with Crippen molar-refractivity contribution >= 4 is 17.6 Å². The van der Waals surface area contributed by atoms with Crippen LogP contribution in [0.5, 0.6) is 5.75 Å².